The molecule has 0 fully saturated rings. The van der Waals surface area contributed by atoms with Crippen LogP contribution in [0.5, 0.6) is 0 Å². The maximum atomic E-state index is 12.6. The molecule has 0 unspecified atom stereocenters. The molecule has 0 saturated heterocycles. The van der Waals surface area contributed by atoms with Crippen molar-refractivity contribution in [2.45, 2.75) is 12.5 Å². The number of esters is 1. The lowest BCUT2D eigenvalue weighted by atomic mass is 10.0. The van der Waals surface area contributed by atoms with Crippen LogP contribution in [0, 0.1) is 0 Å². The van der Waals surface area contributed by atoms with Crippen LogP contribution in [0.3, 0.4) is 0 Å². The fraction of sp³-hybridized carbons (Fsp3) is 0.167. The maximum absolute atomic E-state index is 12.6. The summed E-state index contributed by atoms with van der Waals surface area (Å²) >= 11 is 12.2. The first-order chi connectivity index (χ1) is 12.3. The Labute approximate surface area is 159 Å². The van der Waals surface area contributed by atoms with E-state index in [4.69, 9.17) is 23.2 Å². The molecular formula is C18H14Cl2NO5-. The van der Waals surface area contributed by atoms with Crippen molar-refractivity contribution >= 4 is 41.0 Å². The Morgan fingerprint density at radius 1 is 1.08 bits per heavy atom. The summed E-state index contributed by atoms with van der Waals surface area (Å²) < 4.78 is 4.65. The van der Waals surface area contributed by atoms with E-state index in [1.54, 1.807) is 18.2 Å². The zero-order chi connectivity index (χ0) is 19.3. The van der Waals surface area contributed by atoms with E-state index in [2.05, 4.69) is 10.1 Å². The van der Waals surface area contributed by atoms with Gasteiger partial charge in [-0.1, -0.05) is 53.5 Å². The van der Waals surface area contributed by atoms with Gasteiger partial charge in [-0.25, -0.2) is 0 Å². The first kappa shape index (κ1) is 19.8. The topological polar surface area (TPSA) is 95.5 Å². The summed E-state index contributed by atoms with van der Waals surface area (Å²) in [5.74, 6) is -2.77. The van der Waals surface area contributed by atoms with Crippen molar-refractivity contribution in [1.82, 2.24) is 5.32 Å². The molecule has 0 aliphatic heterocycles. The molecule has 2 aromatic carbocycles. The molecule has 0 heterocycles. The molecule has 2 rings (SSSR count). The lowest BCUT2D eigenvalue weighted by Crippen LogP contribution is -2.33. The number of halogens is 2. The van der Waals surface area contributed by atoms with Crippen molar-refractivity contribution < 1.29 is 24.2 Å². The van der Waals surface area contributed by atoms with E-state index < -0.39 is 23.9 Å². The van der Waals surface area contributed by atoms with Gasteiger partial charge in [0.15, 0.2) is 0 Å². The Balaban J connectivity index is 2.38. The van der Waals surface area contributed by atoms with Crippen LogP contribution >= 0.6 is 23.2 Å². The summed E-state index contributed by atoms with van der Waals surface area (Å²) in [4.78, 5) is 35.5. The molecule has 2 aromatic rings. The zero-order valence-electron chi connectivity index (χ0n) is 13.6. The summed E-state index contributed by atoms with van der Waals surface area (Å²) in [5, 5.41) is 14.2. The van der Waals surface area contributed by atoms with Crippen molar-refractivity contribution in [3.05, 3.63) is 69.2 Å². The second-order valence-electron chi connectivity index (χ2n) is 5.28. The van der Waals surface area contributed by atoms with Gasteiger partial charge in [-0.3, -0.25) is 9.59 Å². The molecule has 0 radical (unpaired) electrons. The van der Waals surface area contributed by atoms with Gasteiger partial charge in [0.05, 0.1) is 35.6 Å². The van der Waals surface area contributed by atoms with E-state index >= 15 is 0 Å². The van der Waals surface area contributed by atoms with E-state index in [-0.39, 0.29) is 27.6 Å². The number of amides is 1. The highest BCUT2D eigenvalue weighted by molar-refractivity contribution is 6.42. The number of hydrogen-bond acceptors (Lipinski definition) is 5. The first-order valence-electron chi connectivity index (χ1n) is 7.47. The number of carboxylic acid groups (broad SMARTS) is 1. The average molecular weight is 395 g/mol. The number of carbonyl (C=O) groups is 3. The molecule has 136 valence electrons. The zero-order valence-corrected chi connectivity index (χ0v) is 15.1. The van der Waals surface area contributed by atoms with Crippen LogP contribution in [-0.4, -0.2) is 25.0 Å². The number of carbonyl (C=O) groups excluding carboxylic acids is 3. The molecular weight excluding hydrogens is 381 g/mol. The van der Waals surface area contributed by atoms with Crippen LogP contribution in [0.15, 0.2) is 42.5 Å². The van der Waals surface area contributed by atoms with Crippen LogP contribution < -0.4 is 10.4 Å². The second kappa shape index (κ2) is 8.69. The Hall–Kier alpha value is -2.57. The molecule has 0 spiro atoms. The fourth-order valence-corrected chi connectivity index (χ4v) is 2.81. The molecule has 0 aliphatic carbocycles. The highest BCUT2D eigenvalue weighted by Gasteiger charge is 2.23. The third-order valence-electron chi connectivity index (χ3n) is 3.65. The minimum atomic E-state index is -1.49. The monoisotopic (exact) mass is 394 g/mol. The van der Waals surface area contributed by atoms with Crippen molar-refractivity contribution in [1.29, 1.82) is 0 Å². The van der Waals surface area contributed by atoms with Gasteiger partial charge in [0.1, 0.15) is 0 Å². The highest BCUT2D eigenvalue weighted by atomic mass is 35.5. The SMILES string of the molecule is COC(=O)C[C@H](NC(=O)c1ccccc1C(=O)[O-])c1cccc(Cl)c1Cl. The number of hydrogen-bond donors (Lipinski definition) is 1. The largest absolute Gasteiger partial charge is 0.545 e. The molecule has 0 aliphatic rings. The van der Waals surface area contributed by atoms with Gasteiger partial charge in [0.2, 0.25) is 0 Å². The molecule has 6 nitrogen and oxygen atoms in total. The number of rotatable bonds is 6. The third kappa shape index (κ3) is 4.53. The minimum absolute atomic E-state index is 0.0967. The van der Waals surface area contributed by atoms with Crippen molar-refractivity contribution in [3.63, 3.8) is 0 Å². The lowest BCUT2D eigenvalue weighted by molar-refractivity contribution is -0.255. The Morgan fingerprint density at radius 2 is 1.73 bits per heavy atom. The molecule has 0 bridgehead atoms. The molecule has 0 saturated carbocycles. The van der Waals surface area contributed by atoms with Crippen LogP contribution in [-0.2, 0) is 9.53 Å². The summed E-state index contributed by atoms with van der Waals surface area (Å²) in [5.41, 5.74) is 0.0448. The standard InChI is InChI=1S/C18H15Cl2NO5/c1-26-15(22)9-14(12-7-4-8-13(19)16(12)20)21-17(23)10-5-2-3-6-11(10)18(24)25/h2-8,14H,9H2,1H3,(H,21,23)(H,24,25)/p-1/t14-/m0/s1. The summed E-state index contributed by atoms with van der Waals surface area (Å²) in [6.07, 6.45) is -0.213. The normalized spacial score (nSPS) is 11.5. The van der Waals surface area contributed by atoms with Crippen molar-refractivity contribution in [2.24, 2.45) is 0 Å². The van der Waals surface area contributed by atoms with Crippen molar-refractivity contribution in [2.75, 3.05) is 7.11 Å². The third-order valence-corrected chi connectivity index (χ3v) is 4.49. The van der Waals surface area contributed by atoms with Gasteiger partial charge in [0.25, 0.3) is 5.91 Å². The second-order valence-corrected chi connectivity index (χ2v) is 6.07. The Kier molecular flexibility index (Phi) is 6.60. The smallest absolute Gasteiger partial charge is 0.307 e. The number of nitrogens with one attached hydrogen (secondary N) is 1. The average Bonchev–Trinajstić information content (AvgIpc) is 2.63. The molecule has 1 atom stereocenters. The van der Waals surface area contributed by atoms with Gasteiger partial charge < -0.3 is 20.0 Å². The predicted octanol–water partition coefficient (Wildman–Crippen LogP) is 2.39. The van der Waals surface area contributed by atoms with Crippen LogP contribution in [0.1, 0.15) is 38.7 Å². The molecule has 8 heteroatoms. The maximum Gasteiger partial charge on any atom is 0.307 e. The van der Waals surface area contributed by atoms with Crippen LogP contribution in [0.2, 0.25) is 10.0 Å². The number of aromatic carboxylic acids is 1. The van der Waals surface area contributed by atoms with Gasteiger partial charge in [-0.15, -0.1) is 0 Å². The number of ether oxygens (including phenoxy) is 1. The molecule has 26 heavy (non-hydrogen) atoms. The summed E-state index contributed by atoms with van der Waals surface area (Å²) in [6, 6.07) is 9.51. The Bertz CT molecular complexity index is 853. The van der Waals surface area contributed by atoms with E-state index in [0.29, 0.717) is 5.56 Å². The van der Waals surface area contributed by atoms with Gasteiger partial charge >= 0.3 is 5.97 Å². The van der Waals surface area contributed by atoms with Crippen molar-refractivity contribution in [3.8, 4) is 0 Å². The fourth-order valence-electron chi connectivity index (χ4n) is 2.37. The summed E-state index contributed by atoms with van der Waals surface area (Å²) in [6.45, 7) is 0. The van der Waals surface area contributed by atoms with E-state index in [1.807, 2.05) is 0 Å². The summed E-state index contributed by atoms with van der Waals surface area (Å²) in [7, 11) is 1.21. The molecule has 1 N–H and O–H groups in total. The van der Waals surface area contributed by atoms with Gasteiger partial charge in [0, 0.05) is 11.1 Å². The lowest BCUT2D eigenvalue weighted by Gasteiger charge is -2.21. The van der Waals surface area contributed by atoms with Crippen LogP contribution in [0.25, 0.3) is 0 Å². The number of carboxylic acids is 1. The quantitative estimate of drug-likeness (QED) is 0.758. The molecule has 1 amide bonds. The van der Waals surface area contributed by atoms with E-state index in [0.717, 1.165) is 0 Å². The molecule has 0 aromatic heterocycles. The first-order valence-corrected chi connectivity index (χ1v) is 8.22. The van der Waals surface area contributed by atoms with E-state index in [1.165, 1.54) is 31.4 Å². The number of methoxy groups -OCH3 is 1. The van der Waals surface area contributed by atoms with E-state index in [9.17, 15) is 19.5 Å². The highest BCUT2D eigenvalue weighted by Crippen LogP contribution is 2.31. The van der Waals surface area contributed by atoms with Gasteiger partial charge in [-0.2, -0.15) is 0 Å². The predicted molar refractivity (Wildman–Crippen MR) is 94.1 cm³/mol. The number of benzene rings is 2. The minimum Gasteiger partial charge on any atom is -0.545 e. The van der Waals surface area contributed by atoms with Crippen LogP contribution in [0.4, 0.5) is 0 Å². The van der Waals surface area contributed by atoms with Gasteiger partial charge in [-0.05, 0) is 17.7 Å². The Morgan fingerprint density at radius 3 is 2.35 bits per heavy atom.